The number of nitrogens with one attached hydrogen (secondary N) is 2. The number of benzene rings is 1. The van der Waals surface area contributed by atoms with Crippen LogP contribution < -0.4 is 10.0 Å². The van der Waals surface area contributed by atoms with Gasteiger partial charge in [0.15, 0.2) is 5.76 Å². The fourth-order valence-electron chi connectivity index (χ4n) is 2.08. The van der Waals surface area contributed by atoms with Gasteiger partial charge < -0.3 is 9.84 Å². The monoisotopic (exact) mass is 309 g/mol. The van der Waals surface area contributed by atoms with Crippen LogP contribution in [0.25, 0.3) is 0 Å². The molecule has 0 fully saturated rings. The summed E-state index contributed by atoms with van der Waals surface area (Å²) in [7, 11) is -1.76. The van der Waals surface area contributed by atoms with Gasteiger partial charge in [0.05, 0.1) is 17.1 Å². The van der Waals surface area contributed by atoms with E-state index in [-0.39, 0.29) is 11.4 Å². The van der Waals surface area contributed by atoms with E-state index in [4.69, 9.17) is 4.52 Å². The molecular weight excluding hydrogens is 290 g/mol. The third kappa shape index (κ3) is 3.69. The summed E-state index contributed by atoms with van der Waals surface area (Å²) in [5.74, 6) is 0.486. The molecule has 2 rings (SSSR count). The molecule has 1 heterocycles. The van der Waals surface area contributed by atoms with Crippen molar-refractivity contribution in [1.29, 1.82) is 0 Å². The number of hydrogen-bond acceptors (Lipinski definition) is 5. The first-order valence-electron chi connectivity index (χ1n) is 6.59. The molecule has 0 unspecified atom stereocenters. The molecule has 6 nitrogen and oxygen atoms in total. The van der Waals surface area contributed by atoms with Crippen molar-refractivity contribution in [2.45, 2.75) is 31.8 Å². The summed E-state index contributed by atoms with van der Waals surface area (Å²) in [6.07, 6.45) is 0. The maximum Gasteiger partial charge on any atom is 0.241 e. The Morgan fingerprint density at radius 3 is 2.62 bits per heavy atom. The highest BCUT2D eigenvalue weighted by Crippen LogP contribution is 2.19. The lowest BCUT2D eigenvalue weighted by Gasteiger charge is -2.12. The molecular formula is C14H19N3O3S. The molecule has 0 aliphatic rings. The van der Waals surface area contributed by atoms with E-state index in [1.54, 1.807) is 32.0 Å². The van der Waals surface area contributed by atoms with E-state index in [1.807, 2.05) is 13.1 Å². The lowest BCUT2D eigenvalue weighted by molar-refractivity contribution is 0.377. The van der Waals surface area contributed by atoms with Crippen LogP contribution in [-0.2, 0) is 23.1 Å². The van der Waals surface area contributed by atoms with Crippen molar-refractivity contribution in [1.82, 2.24) is 15.2 Å². The first-order chi connectivity index (χ1) is 9.94. The molecule has 2 N–H and O–H groups in total. The summed E-state index contributed by atoms with van der Waals surface area (Å²) < 4.78 is 32.3. The van der Waals surface area contributed by atoms with Gasteiger partial charge in [-0.05, 0) is 38.1 Å². The maximum absolute atomic E-state index is 12.4. The van der Waals surface area contributed by atoms with Gasteiger partial charge in [0.25, 0.3) is 0 Å². The summed E-state index contributed by atoms with van der Waals surface area (Å²) >= 11 is 0. The van der Waals surface area contributed by atoms with Gasteiger partial charge in [-0.1, -0.05) is 17.3 Å². The third-order valence-electron chi connectivity index (χ3n) is 3.17. The number of rotatable bonds is 6. The van der Waals surface area contributed by atoms with Crippen LogP contribution in [0.2, 0.25) is 0 Å². The van der Waals surface area contributed by atoms with E-state index < -0.39 is 10.0 Å². The zero-order valence-electron chi connectivity index (χ0n) is 12.3. The first kappa shape index (κ1) is 15.7. The van der Waals surface area contributed by atoms with Gasteiger partial charge in [-0.15, -0.1) is 0 Å². The largest absolute Gasteiger partial charge is 0.360 e. The zero-order valence-corrected chi connectivity index (χ0v) is 13.1. The Bertz CT molecular complexity index is 723. The molecule has 0 bridgehead atoms. The smallest absolute Gasteiger partial charge is 0.241 e. The van der Waals surface area contributed by atoms with Gasteiger partial charge in [0.2, 0.25) is 10.0 Å². The lowest BCUT2D eigenvalue weighted by atomic mass is 10.1. The van der Waals surface area contributed by atoms with Crippen molar-refractivity contribution in [2.75, 3.05) is 7.05 Å². The molecule has 0 saturated carbocycles. The highest BCUT2D eigenvalue weighted by molar-refractivity contribution is 7.89. The van der Waals surface area contributed by atoms with Crippen molar-refractivity contribution in [3.63, 3.8) is 0 Å². The van der Waals surface area contributed by atoms with Gasteiger partial charge in [-0.3, -0.25) is 0 Å². The summed E-state index contributed by atoms with van der Waals surface area (Å²) in [5, 5.41) is 6.75. The van der Waals surface area contributed by atoms with Crippen LogP contribution in [0.3, 0.4) is 0 Å². The first-order valence-corrected chi connectivity index (χ1v) is 8.07. The SMILES string of the molecule is CNCc1cccc(S(=O)(=O)NCc2cc(C)no2)c1C. The summed E-state index contributed by atoms with van der Waals surface area (Å²) in [5.41, 5.74) is 2.42. The second-order valence-corrected chi connectivity index (χ2v) is 6.57. The Morgan fingerprint density at radius 1 is 1.24 bits per heavy atom. The second kappa shape index (κ2) is 6.38. The van der Waals surface area contributed by atoms with Crippen LogP contribution in [0.4, 0.5) is 0 Å². The number of aromatic nitrogens is 1. The normalized spacial score (nSPS) is 11.8. The van der Waals surface area contributed by atoms with E-state index in [2.05, 4.69) is 15.2 Å². The fraction of sp³-hybridized carbons (Fsp3) is 0.357. The number of aryl methyl sites for hydroxylation is 1. The standard InChI is InChI=1S/C14H19N3O3S/c1-10-7-13(20-17-10)9-16-21(18,19)14-6-4-5-12(8-15-3)11(14)2/h4-7,15-16H,8-9H2,1-3H3. The highest BCUT2D eigenvalue weighted by atomic mass is 32.2. The quantitative estimate of drug-likeness (QED) is 0.844. The van der Waals surface area contributed by atoms with Crippen LogP contribution in [0, 0.1) is 13.8 Å². The van der Waals surface area contributed by atoms with Crippen LogP contribution in [-0.4, -0.2) is 20.6 Å². The minimum atomic E-state index is -3.59. The van der Waals surface area contributed by atoms with Gasteiger partial charge in [0, 0.05) is 12.6 Å². The van der Waals surface area contributed by atoms with Crippen LogP contribution in [0.5, 0.6) is 0 Å². The topological polar surface area (TPSA) is 84.2 Å². The van der Waals surface area contributed by atoms with Crippen molar-refractivity contribution >= 4 is 10.0 Å². The average molecular weight is 309 g/mol. The third-order valence-corrected chi connectivity index (χ3v) is 4.71. The molecule has 0 atom stereocenters. The van der Waals surface area contributed by atoms with E-state index in [1.165, 1.54) is 0 Å². The fourth-order valence-corrected chi connectivity index (χ4v) is 3.36. The Kier molecular flexibility index (Phi) is 4.76. The molecule has 7 heteroatoms. The van der Waals surface area contributed by atoms with Crippen LogP contribution in [0.1, 0.15) is 22.6 Å². The molecule has 0 aliphatic heterocycles. The summed E-state index contributed by atoms with van der Waals surface area (Å²) in [4.78, 5) is 0.284. The second-order valence-electron chi connectivity index (χ2n) is 4.83. The Balaban J connectivity index is 2.21. The van der Waals surface area contributed by atoms with E-state index in [0.717, 1.165) is 16.8 Å². The van der Waals surface area contributed by atoms with Gasteiger partial charge in [-0.25, -0.2) is 13.1 Å². The molecule has 0 saturated heterocycles. The van der Waals surface area contributed by atoms with Crippen LogP contribution in [0.15, 0.2) is 33.7 Å². The number of nitrogens with zero attached hydrogens (tertiary/aromatic N) is 1. The Hall–Kier alpha value is -1.70. The molecule has 1 aromatic heterocycles. The van der Waals surface area contributed by atoms with Gasteiger partial charge in [0.1, 0.15) is 0 Å². The zero-order chi connectivity index (χ0) is 15.5. The molecule has 0 spiro atoms. The van der Waals surface area contributed by atoms with E-state index in [0.29, 0.717) is 12.3 Å². The van der Waals surface area contributed by atoms with E-state index >= 15 is 0 Å². The van der Waals surface area contributed by atoms with Crippen LogP contribution >= 0.6 is 0 Å². The van der Waals surface area contributed by atoms with Crippen molar-refractivity contribution in [2.24, 2.45) is 0 Å². The number of hydrogen-bond donors (Lipinski definition) is 2. The number of sulfonamides is 1. The summed E-state index contributed by atoms with van der Waals surface area (Å²) in [6.45, 7) is 4.29. The molecule has 2 aromatic rings. The van der Waals surface area contributed by atoms with Crippen molar-refractivity contribution in [3.8, 4) is 0 Å². The predicted molar refractivity (Wildman–Crippen MR) is 79.2 cm³/mol. The van der Waals surface area contributed by atoms with E-state index in [9.17, 15) is 8.42 Å². The van der Waals surface area contributed by atoms with Gasteiger partial charge >= 0.3 is 0 Å². The Labute approximate surface area is 124 Å². The Morgan fingerprint density at radius 2 is 2.00 bits per heavy atom. The van der Waals surface area contributed by atoms with Crippen molar-refractivity contribution in [3.05, 3.63) is 46.8 Å². The summed E-state index contributed by atoms with van der Waals surface area (Å²) in [6, 6.07) is 6.95. The molecule has 114 valence electrons. The highest BCUT2D eigenvalue weighted by Gasteiger charge is 2.18. The molecule has 0 radical (unpaired) electrons. The van der Waals surface area contributed by atoms with Crippen molar-refractivity contribution < 1.29 is 12.9 Å². The minimum absolute atomic E-state index is 0.0822. The maximum atomic E-state index is 12.4. The molecule has 0 amide bonds. The molecule has 1 aromatic carbocycles. The molecule has 21 heavy (non-hydrogen) atoms. The minimum Gasteiger partial charge on any atom is -0.360 e. The predicted octanol–water partition coefficient (Wildman–Crippen LogP) is 1.49. The van der Waals surface area contributed by atoms with Gasteiger partial charge in [-0.2, -0.15) is 0 Å². The average Bonchev–Trinajstić information content (AvgIpc) is 2.85. The lowest BCUT2D eigenvalue weighted by Crippen LogP contribution is -2.24. The molecule has 0 aliphatic carbocycles.